The quantitative estimate of drug-likeness (QED) is 0.805. The van der Waals surface area contributed by atoms with E-state index in [-0.39, 0.29) is 6.42 Å². The lowest BCUT2D eigenvalue weighted by atomic mass is 9.99. The zero-order chi connectivity index (χ0) is 12.1. The second kappa shape index (κ2) is 5.75. The van der Waals surface area contributed by atoms with Crippen molar-refractivity contribution in [3.05, 3.63) is 5.82 Å². The van der Waals surface area contributed by atoms with Gasteiger partial charge >= 0.3 is 5.97 Å². The van der Waals surface area contributed by atoms with Gasteiger partial charge in [0.2, 0.25) is 0 Å². The van der Waals surface area contributed by atoms with Crippen molar-refractivity contribution in [3.8, 4) is 0 Å². The van der Waals surface area contributed by atoms with Crippen molar-refractivity contribution in [1.29, 1.82) is 0 Å². The van der Waals surface area contributed by atoms with Crippen LogP contribution in [0, 0.1) is 0 Å². The van der Waals surface area contributed by atoms with Gasteiger partial charge in [-0.3, -0.25) is 4.79 Å². The number of hydrogen-bond acceptors (Lipinski definition) is 4. The molecule has 0 aliphatic heterocycles. The van der Waals surface area contributed by atoms with E-state index in [1.165, 1.54) is 25.7 Å². The van der Waals surface area contributed by atoms with Gasteiger partial charge in [0.25, 0.3) is 0 Å². The highest BCUT2D eigenvalue weighted by molar-refractivity contribution is 5.66. The monoisotopic (exact) mass is 238 g/mol. The van der Waals surface area contributed by atoms with Crippen molar-refractivity contribution in [2.24, 2.45) is 0 Å². The molecule has 0 aromatic carbocycles. The first-order valence-corrected chi connectivity index (χ1v) is 6.25. The van der Waals surface area contributed by atoms with Crippen molar-refractivity contribution < 1.29 is 9.90 Å². The molecule has 6 heteroatoms. The largest absolute Gasteiger partial charge is 0.481 e. The predicted molar refractivity (Wildman–Crippen MR) is 60.5 cm³/mol. The van der Waals surface area contributed by atoms with Gasteiger partial charge in [-0.05, 0) is 23.3 Å². The molecule has 0 atom stereocenters. The van der Waals surface area contributed by atoms with Gasteiger partial charge in [-0.1, -0.05) is 25.7 Å². The topological polar surface area (TPSA) is 80.9 Å². The number of hydrogen-bond donors (Lipinski definition) is 1. The molecule has 17 heavy (non-hydrogen) atoms. The number of aliphatic carboxylic acids is 1. The van der Waals surface area contributed by atoms with Gasteiger partial charge in [0.1, 0.15) is 0 Å². The molecule has 1 aromatic heterocycles. The average molecular weight is 238 g/mol. The Labute approximate surface area is 100 Å². The van der Waals surface area contributed by atoms with Gasteiger partial charge in [-0.2, -0.15) is 0 Å². The number of tetrazole rings is 1. The van der Waals surface area contributed by atoms with E-state index >= 15 is 0 Å². The third-order valence-corrected chi connectivity index (χ3v) is 3.32. The van der Waals surface area contributed by atoms with E-state index in [9.17, 15) is 4.79 Å². The van der Waals surface area contributed by atoms with Gasteiger partial charge in [-0.25, -0.2) is 4.68 Å². The number of aromatic nitrogens is 4. The molecular formula is C11H18N4O2. The summed E-state index contributed by atoms with van der Waals surface area (Å²) in [7, 11) is 0. The molecule has 0 amide bonds. The third-order valence-electron chi connectivity index (χ3n) is 3.32. The van der Waals surface area contributed by atoms with Gasteiger partial charge in [0.15, 0.2) is 5.82 Å². The van der Waals surface area contributed by atoms with E-state index < -0.39 is 5.97 Å². The van der Waals surface area contributed by atoms with Crippen LogP contribution in [0.1, 0.15) is 56.7 Å². The molecule has 0 bridgehead atoms. The molecular weight excluding hydrogens is 220 g/mol. The Bertz CT molecular complexity index is 369. The maximum Gasteiger partial charge on any atom is 0.305 e. The summed E-state index contributed by atoms with van der Waals surface area (Å²) < 4.78 is 1.66. The van der Waals surface area contributed by atoms with Crippen LogP contribution in [-0.4, -0.2) is 31.3 Å². The highest BCUT2D eigenvalue weighted by Crippen LogP contribution is 2.29. The molecule has 1 aliphatic rings. The number of carbonyl (C=O) groups is 1. The van der Waals surface area contributed by atoms with Crippen LogP contribution in [-0.2, 0) is 11.3 Å². The van der Waals surface area contributed by atoms with Crippen LogP contribution in [0.25, 0.3) is 0 Å². The lowest BCUT2D eigenvalue weighted by molar-refractivity contribution is -0.137. The van der Waals surface area contributed by atoms with Crippen LogP contribution in [0.3, 0.4) is 0 Å². The Balaban J connectivity index is 2.03. The van der Waals surface area contributed by atoms with Crippen molar-refractivity contribution in [3.63, 3.8) is 0 Å². The van der Waals surface area contributed by atoms with Crippen LogP contribution in [0.2, 0.25) is 0 Å². The maximum absolute atomic E-state index is 10.6. The normalized spacial score (nSPS) is 17.9. The Kier molecular flexibility index (Phi) is 4.06. The van der Waals surface area contributed by atoms with Crippen molar-refractivity contribution >= 4 is 5.97 Å². The number of aryl methyl sites for hydroxylation is 1. The fraction of sp³-hybridized carbons (Fsp3) is 0.818. The van der Waals surface area contributed by atoms with Gasteiger partial charge in [0, 0.05) is 5.92 Å². The molecule has 1 fully saturated rings. The molecule has 0 radical (unpaired) electrons. The molecule has 6 nitrogen and oxygen atoms in total. The highest BCUT2D eigenvalue weighted by Gasteiger charge is 2.20. The minimum Gasteiger partial charge on any atom is -0.481 e. The molecule has 1 heterocycles. The highest BCUT2D eigenvalue weighted by atomic mass is 16.4. The van der Waals surface area contributed by atoms with Crippen LogP contribution < -0.4 is 0 Å². The zero-order valence-corrected chi connectivity index (χ0v) is 9.88. The van der Waals surface area contributed by atoms with Crippen LogP contribution in [0.5, 0.6) is 0 Å². The fourth-order valence-corrected chi connectivity index (χ4v) is 2.40. The van der Waals surface area contributed by atoms with E-state index in [1.807, 2.05) is 0 Å². The van der Waals surface area contributed by atoms with E-state index in [0.29, 0.717) is 12.5 Å². The Morgan fingerprint density at radius 3 is 2.65 bits per heavy atom. The van der Waals surface area contributed by atoms with Crippen LogP contribution >= 0.6 is 0 Å². The van der Waals surface area contributed by atoms with Crippen molar-refractivity contribution in [2.45, 2.75) is 57.4 Å². The molecule has 0 spiro atoms. The van der Waals surface area contributed by atoms with Gasteiger partial charge < -0.3 is 5.11 Å². The van der Waals surface area contributed by atoms with E-state index in [4.69, 9.17) is 5.11 Å². The summed E-state index contributed by atoms with van der Waals surface area (Å²) >= 11 is 0. The average Bonchev–Trinajstić information content (AvgIpc) is 2.60. The van der Waals surface area contributed by atoms with Crippen molar-refractivity contribution in [1.82, 2.24) is 20.2 Å². The summed E-state index contributed by atoms with van der Waals surface area (Å²) in [6, 6.07) is 0. The van der Waals surface area contributed by atoms with E-state index in [1.54, 1.807) is 4.68 Å². The molecule has 1 aliphatic carbocycles. The summed E-state index contributed by atoms with van der Waals surface area (Å²) in [6.07, 6.45) is 7.32. The molecule has 1 aromatic rings. The first-order valence-electron chi connectivity index (χ1n) is 6.25. The summed E-state index contributed by atoms with van der Waals surface area (Å²) in [5.41, 5.74) is 0. The van der Waals surface area contributed by atoms with Crippen LogP contribution in [0.15, 0.2) is 0 Å². The summed E-state index contributed by atoms with van der Waals surface area (Å²) in [6.45, 7) is 0.369. The SMILES string of the molecule is O=C(O)CCn1nnnc1C1CCCCCC1. The third kappa shape index (κ3) is 3.25. The minimum absolute atomic E-state index is 0.0742. The number of rotatable bonds is 4. The first kappa shape index (κ1) is 12.0. The smallest absolute Gasteiger partial charge is 0.305 e. The molecule has 94 valence electrons. The maximum atomic E-state index is 10.6. The minimum atomic E-state index is -0.813. The summed E-state index contributed by atoms with van der Waals surface area (Å²) in [5.74, 6) is 0.460. The second-order valence-electron chi connectivity index (χ2n) is 4.59. The lowest BCUT2D eigenvalue weighted by Gasteiger charge is -2.12. The predicted octanol–water partition coefficient (Wildman–Crippen LogP) is 1.59. The molecule has 0 unspecified atom stereocenters. The number of carboxylic acid groups (broad SMARTS) is 1. The van der Waals surface area contributed by atoms with Crippen molar-refractivity contribution in [2.75, 3.05) is 0 Å². The molecule has 1 saturated carbocycles. The summed E-state index contributed by atoms with van der Waals surface area (Å²) in [4.78, 5) is 10.6. The second-order valence-corrected chi connectivity index (χ2v) is 4.59. The molecule has 0 saturated heterocycles. The standard InChI is InChI=1S/C11H18N4O2/c16-10(17)7-8-15-11(12-13-14-15)9-5-3-1-2-4-6-9/h9H,1-8H2,(H,16,17). The molecule has 1 N–H and O–H groups in total. The first-order chi connectivity index (χ1) is 8.27. The fourth-order valence-electron chi connectivity index (χ4n) is 2.40. The lowest BCUT2D eigenvalue weighted by Crippen LogP contribution is -2.13. The Morgan fingerprint density at radius 1 is 1.29 bits per heavy atom. The number of carboxylic acids is 1. The van der Waals surface area contributed by atoms with E-state index in [2.05, 4.69) is 15.5 Å². The van der Waals surface area contributed by atoms with E-state index in [0.717, 1.165) is 18.7 Å². The Morgan fingerprint density at radius 2 is 2.00 bits per heavy atom. The molecule has 2 rings (SSSR count). The Hall–Kier alpha value is -1.46. The van der Waals surface area contributed by atoms with Gasteiger partial charge in [0.05, 0.1) is 13.0 Å². The summed E-state index contributed by atoms with van der Waals surface area (Å²) in [5, 5.41) is 20.3. The zero-order valence-electron chi connectivity index (χ0n) is 9.88. The van der Waals surface area contributed by atoms with Crippen LogP contribution in [0.4, 0.5) is 0 Å². The van der Waals surface area contributed by atoms with Gasteiger partial charge in [-0.15, -0.1) is 5.10 Å². The number of nitrogens with zero attached hydrogens (tertiary/aromatic N) is 4.